The van der Waals surface area contributed by atoms with E-state index in [4.69, 9.17) is 4.42 Å². The van der Waals surface area contributed by atoms with Crippen molar-refractivity contribution in [1.82, 2.24) is 4.98 Å². The van der Waals surface area contributed by atoms with Crippen LogP contribution >= 0.6 is 0 Å². The molecule has 2 aromatic rings. The summed E-state index contributed by atoms with van der Waals surface area (Å²) < 4.78 is 5.51. The Labute approximate surface area is 90.3 Å². The van der Waals surface area contributed by atoms with Crippen molar-refractivity contribution in [1.29, 1.82) is 0 Å². The van der Waals surface area contributed by atoms with Crippen LogP contribution in [0.4, 0.5) is 0 Å². The number of aromatic nitrogens is 1. The lowest BCUT2D eigenvalue weighted by molar-refractivity contribution is 0.411. The summed E-state index contributed by atoms with van der Waals surface area (Å²) in [6.07, 6.45) is 1.06. The van der Waals surface area contributed by atoms with Gasteiger partial charge in [0.25, 0.3) is 0 Å². The molecule has 0 aliphatic heterocycles. The monoisotopic (exact) mass is 203 g/mol. The molecule has 1 heterocycles. The average Bonchev–Trinajstić information content (AvgIpc) is 2.40. The van der Waals surface area contributed by atoms with Gasteiger partial charge in [-0.1, -0.05) is 26.8 Å². The third-order valence-electron chi connectivity index (χ3n) is 2.29. The van der Waals surface area contributed by atoms with E-state index in [2.05, 4.69) is 37.9 Å². The fourth-order valence-corrected chi connectivity index (χ4v) is 1.81. The van der Waals surface area contributed by atoms with Gasteiger partial charge >= 0.3 is 0 Å². The van der Waals surface area contributed by atoms with E-state index in [0.717, 1.165) is 23.4 Å². The second-order valence-corrected chi connectivity index (χ2v) is 5.27. The lowest BCUT2D eigenvalue weighted by atomic mass is 9.88. The Morgan fingerprint density at radius 1 is 1.27 bits per heavy atom. The highest BCUT2D eigenvalue weighted by atomic mass is 16.3. The maximum atomic E-state index is 5.51. The Balaban J connectivity index is 2.38. The lowest BCUT2D eigenvalue weighted by Crippen LogP contribution is -2.08. The summed E-state index contributed by atoms with van der Waals surface area (Å²) >= 11 is 0. The minimum atomic E-state index is 0.308. The van der Waals surface area contributed by atoms with Crippen LogP contribution in [0.2, 0.25) is 0 Å². The van der Waals surface area contributed by atoms with E-state index in [9.17, 15) is 0 Å². The molecular weight excluding hydrogens is 186 g/mol. The van der Waals surface area contributed by atoms with E-state index in [1.165, 1.54) is 5.56 Å². The van der Waals surface area contributed by atoms with Gasteiger partial charge in [0.15, 0.2) is 11.5 Å². The van der Waals surface area contributed by atoms with Gasteiger partial charge in [-0.3, -0.25) is 0 Å². The predicted molar refractivity (Wildman–Crippen MR) is 61.9 cm³/mol. The Hall–Kier alpha value is -1.31. The predicted octanol–water partition coefficient (Wildman–Crippen LogP) is 3.72. The molecule has 0 spiro atoms. The molecule has 15 heavy (non-hydrogen) atoms. The van der Waals surface area contributed by atoms with Crippen LogP contribution in [0.5, 0.6) is 0 Å². The summed E-state index contributed by atoms with van der Waals surface area (Å²) in [5.41, 5.74) is 3.47. The van der Waals surface area contributed by atoms with Gasteiger partial charge in [0.1, 0.15) is 5.52 Å². The second kappa shape index (κ2) is 3.37. The molecule has 0 bridgehead atoms. The molecule has 80 valence electrons. The van der Waals surface area contributed by atoms with Gasteiger partial charge < -0.3 is 4.42 Å². The molecule has 2 heteroatoms. The van der Waals surface area contributed by atoms with Crippen LogP contribution in [0.15, 0.2) is 22.6 Å². The first-order valence-electron chi connectivity index (χ1n) is 5.30. The SMILES string of the molecule is Cc1nc2ccc(CC(C)(C)C)cc2o1. The van der Waals surface area contributed by atoms with Crippen molar-refractivity contribution in [2.45, 2.75) is 34.1 Å². The van der Waals surface area contributed by atoms with Crippen LogP contribution in [0.3, 0.4) is 0 Å². The summed E-state index contributed by atoms with van der Waals surface area (Å²) in [6.45, 7) is 8.60. The highest BCUT2D eigenvalue weighted by Crippen LogP contribution is 2.23. The van der Waals surface area contributed by atoms with Gasteiger partial charge in [-0.2, -0.15) is 0 Å². The molecule has 0 aliphatic rings. The number of hydrogen-bond acceptors (Lipinski definition) is 2. The van der Waals surface area contributed by atoms with Gasteiger partial charge in [0.05, 0.1) is 0 Å². The summed E-state index contributed by atoms with van der Waals surface area (Å²) in [5.74, 6) is 0.734. The first-order chi connectivity index (χ1) is 6.94. The topological polar surface area (TPSA) is 26.0 Å². The Kier molecular flexibility index (Phi) is 2.29. The normalized spacial score (nSPS) is 12.3. The van der Waals surface area contributed by atoms with E-state index in [1.54, 1.807) is 0 Å². The second-order valence-electron chi connectivity index (χ2n) is 5.27. The highest BCUT2D eigenvalue weighted by Gasteiger charge is 2.12. The van der Waals surface area contributed by atoms with Gasteiger partial charge in [-0.05, 0) is 29.5 Å². The summed E-state index contributed by atoms with van der Waals surface area (Å²) in [4.78, 5) is 4.28. The van der Waals surface area contributed by atoms with Crippen molar-refractivity contribution in [3.63, 3.8) is 0 Å². The number of oxazole rings is 1. The van der Waals surface area contributed by atoms with Gasteiger partial charge in [-0.25, -0.2) is 4.98 Å². The molecule has 0 saturated heterocycles. The molecule has 0 saturated carbocycles. The number of fused-ring (bicyclic) bond motifs is 1. The smallest absolute Gasteiger partial charge is 0.192 e. The summed E-state index contributed by atoms with van der Waals surface area (Å²) in [7, 11) is 0. The zero-order valence-electron chi connectivity index (χ0n) is 9.79. The van der Waals surface area contributed by atoms with Crippen LogP contribution in [-0.4, -0.2) is 4.98 Å². The molecule has 1 aromatic carbocycles. The first-order valence-corrected chi connectivity index (χ1v) is 5.30. The quantitative estimate of drug-likeness (QED) is 0.706. The maximum Gasteiger partial charge on any atom is 0.192 e. The molecule has 1 aromatic heterocycles. The Morgan fingerprint density at radius 3 is 2.67 bits per heavy atom. The van der Waals surface area contributed by atoms with Crippen molar-refractivity contribution in [2.75, 3.05) is 0 Å². The third kappa shape index (κ3) is 2.38. The van der Waals surface area contributed by atoms with Crippen LogP contribution in [0.25, 0.3) is 11.1 Å². The highest BCUT2D eigenvalue weighted by molar-refractivity contribution is 5.73. The van der Waals surface area contributed by atoms with E-state index in [1.807, 2.05) is 13.0 Å². The summed E-state index contributed by atoms with van der Waals surface area (Å²) in [6, 6.07) is 6.27. The minimum absolute atomic E-state index is 0.308. The standard InChI is InChI=1S/C13H17NO/c1-9-14-11-6-5-10(7-12(11)15-9)8-13(2,3)4/h5-7H,8H2,1-4H3. The number of hydrogen-bond donors (Lipinski definition) is 0. The zero-order chi connectivity index (χ0) is 11.1. The van der Waals surface area contributed by atoms with Crippen LogP contribution in [-0.2, 0) is 6.42 Å². The maximum absolute atomic E-state index is 5.51. The number of nitrogens with zero attached hydrogens (tertiary/aromatic N) is 1. The first kappa shape index (κ1) is 10.2. The number of rotatable bonds is 1. The van der Waals surface area contributed by atoms with Crippen molar-refractivity contribution >= 4 is 11.1 Å². The van der Waals surface area contributed by atoms with Crippen LogP contribution < -0.4 is 0 Å². The van der Waals surface area contributed by atoms with E-state index >= 15 is 0 Å². The Bertz CT molecular complexity index is 477. The van der Waals surface area contributed by atoms with Gasteiger partial charge in [0, 0.05) is 6.92 Å². The van der Waals surface area contributed by atoms with Crippen molar-refractivity contribution in [3.8, 4) is 0 Å². The fraction of sp³-hybridized carbons (Fsp3) is 0.462. The third-order valence-corrected chi connectivity index (χ3v) is 2.29. The average molecular weight is 203 g/mol. The Morgan fingerprint density at radius 2 is 2.00 bits per heavy atom. The van der Waals surface area contributed by atoms with Crippen molar-refractivity contribution in [3.05, 3.63) is 29.7 Å². The number of benzene rings is 1. The van der Waals surface area contributed by atoms with Crippen LogP contribution in [0.1, 0.15) is 32.2 Å². The minimum Gasteiger partial charge on any atom is -0.441 e. The molecule has 0 fully saturated rings. The molecule has 2 nitrogen and oxygen atoms in total. The summed E-state index contributed by atoms with van der Waals surface area (Å²) in [5, 5.41) is 0. The fourth-order valence-electron chi connectivity index (χ4n) is 1.81. The molecule has 2 rings (SSSR count). The molecule has 0 aliphatic carbocycles. The largest absolute Gasteiger partial charge is 0.441 e. The molecule has 0 amide bonds. The van der Waals surface area contributed by atoms with E-state index in [0.29, 0.717) is 5.41 Å². The molecule has 0 unspecified atom stereocenters. The molecule has 0 atom stereocenters. The van der Waals surface area contributed by atoms with Gasteiger partial charge in [-0.15, -0.1) is 0 Å². The zero-order valence-corrected chi connectivity index (χ0v) is 9.79. The molecular formula is C13H17NO. The van der Waals surface area contributed by atoms with Crippen molar-refractivity contribution < 1.29 is 4.42 Å². The van der Waals surface area contributed by atoms with Gasteiger partial charge in [0.2, 0.25) is 0 Å². The van der Waals surface area contributed by atoms with E-state index in [-0.39, 0.29) is 0 Å². The van der Waals surface area contributed by atoms with E-state index < -0.39 is 0 Å². The number of aryl methyl sites for hydroxylation is 1. The molecule has 0 N–H and O–H groups in total. The molecule has 0 radical (unpaired) electrons. The van der Waals surface area contributed by atoms with Crippen molar-refractivity contribution in [2.24, 2.45) is 5.41 Å². The lowest BCUT2D eigenvalue weighted by Gasteiger charge is -2.17. The van der Waals surface area contributed by atoms with Crippen LogP contribution in [0, 0.1) is 12.3 Å².